The summed E-state index contributed by atoms with van der Waals surface area (Å²) < 4.78 is 6.00. The first kappa shape index (κ1) is 14.8. The van der Waals surface area contributed by atoms with Crippen molar-refractivity contribution in [1.82, 2.24) is 10.2 Å². The molecule has 5 nitrogen and oxygen atoms in total. The molecule has 5 heteroatoms. The number of ether oxygens (including phenoxy) is 1. The quantitative estimate of drug-likeness (QED) is 0.854. The molecule has 2 heterocycles. The van der Waals surface area contributed by atoms with Crippen molar-refractivity contribution in [3.63, 3.8) is 0 Å². The van der Waals surface area contributed by atoms with Gasteiger partial charge < -0.3 is 15.0 Å². The molecule has 0 radical (unpaired) electrons. The number of amides is 2. The first-order valence-electron chi connectivity index (χ1n) is 8.32. The first-order chi connectivity index (χ1) is 10.1. The Morgan fingerprint density at radius 3 is 2.57 bits per heavy atom. The van der Waals surface area contributed by atoms with Crippen LogP contribution in [0.2, 0.25) is 0 Å². The number of rotatable bonds is 4. The maximum atomic E-state index is 12.7. The molecular formula is C16H26N2O3. The van der Waals surface area contributed by atoms with E-state index in [9.17, 15) is 9.59 Å². The molecule has 2 aliphatic heterocycles. The first-order valence-corrected chi connectivity index (χ1v) is 8.32. The van der Waals surface area contributed by atoms with Gasteiger partial charge in [-0.2, -0.15) is 0 Å². The molecule has 2 saturated heterocycles. The summed E-state index contributed by atoms with van der Waals surface area (Å²) >= 11 is 0. The van der Waals surface area contributed by atoms with Gasteiger partial charge in [0, 0.05) is 12.6 Å². The number of carbonyl (C=O) groups is 2. The van der Waals surface area contributed by atoms with E-state index in [0.29, 0.717) is 12.5 Å². The summed E-state index contributed by atoms with van der Waals surface area (Å²) in [7, 11) is 0. The average Bonchev–Trinajstić information content (AvgIpc) is 3.34. The number of piperazine rings is 1. The zero-order valence-electron chi connectivity index (χ0n) is 13.1. The summed E-state index contributed by atoms with van der Waals surface area (Å²) in [5.41, 5.74) is -0.119. The van der Waals surface area contributed by atoms with Gasteiger partial charge >= 0.3 is 0 Å². The number of nitrogens with zero attached hydrogens (tertiary/aromatic N) is 1. The van der Waals surface area contributed by atoms with Gasteiger partial charge in [0.15, 0.2) is 0 Å². The van der Waals surface area contributed by atoms with Crippen LogP contribution in [0.5, 0.6) is 0 Å². The molecule has 2 atom stereocenters. The third kappa shape index (κ3) is 2.80. The minimum Gasteiger partial charge on any atom is -0.375 e. The van der Waals surface area contributed by atoms with E-state index in [1.54, 1.807) is 0 Å². The van der Waals surface area contributed by atoms with Crippen molar-refractivity contribution >= 4 is 11.8 Å². The van der Waals surface area contributed by atoms with Gasteiger partial charge in [0.1, 0.15) is 6.04 Å². The van der Waals surface area contributed by atoms with Crippen LogP contribution in [0.3, 0.4) is 0 Å². The summed E-state index contributed by atoms with van der Waals surface area (Å²) in [6, 6.07) is -0.120. The van der Waals surface area contributed by atoms with Gasteiger partial charge in [-0.15, -0.1) is 0 Å². The van der Waals surface area contributed by atoms with E-state index in [0.717, 1.165) is 38.5 Å². The Bertz CT molecular complexity index is 429. The molecule has 0 aromatic rings. The summed E-state index contributed by atoms with van der Waals surface area (Å²) in [4.78, 5) is 26.5. The molecule has 2 unspecified atom stereocenters. The van der Waals surface area contributed by atoms with Crippen molar-refractivity contribution < 1.29 is 14.3 Å². The SMILES string of the molecule is CCC1(CC)CC(N2CC(=O)NC(C3CC3)C2=O)CCO1. The zero-order chi connectivity index (χ0) is 15.0. The van der Waals surface area contributed by atoms with E-state index in [1.165, 1.54) is 0 Å². The maximum absolute atomic E-state index is 12.7. The highest BCUT2D eigenvalue weighted by atomic mass is 16.5. The predicted molar refractivity (Wildman–Crippen MR) is 78.7 cm³/mol. The maximum Gasteiger partial charge on any atom is 0.246 e. The second-order valence-electron chi connectivity index (χ2n) is 6.73. The van der Waals surface area contributed by atoms with Crippen LogP contribution in [0.4, 0.5) is 0 Å². The van der Waals surface area contributed by atoms with Crippen LogP contribution in [0.1, 0.15) is 52.4 Å². The van der Waals surface area contributed by atoms with Crippen LogP contribution in [0.15, 0.2) is 0 Å². The lowest BCUT2D eigenvalue weighted by Crippen LogP contribution is -2.63. The lowest BCUT2D eigenvalue weighted by atomic mass is 9.84. The van der Waals surface area contributed by atoms with Crippen molar-refractivity contribution in [3.8, 4) is 0 Å². The van der Waals surface area contributed by atoms with E-state index in [4.69, 9.17) is 4.74 Å². The van der Waals surface area contributed by atoms with Crippen molar-refractivity contribution in [2.45, 2.75) is 70.1 Å². The monoisotopic (exact) mass is 294 g/mol. The second-order valence-corrected chi connectivity index (χ2v) is 6.73. The Morgan fingerprint density at radius 1 is 1.24 bits per heavy atom. The largest absolute Gasteiger partial charge is 0.375 e. The summed E-state index contributed by atoms with van der Waals surface area (Å²) in [6.07, 6.45) is 5.74. The summed E-state index contributed by atoms with van der Waals surface area (Å²) in [5, 5.41) is 2.88. The molecule has 2 amide bonds. The second kappa shape index (κ2) is 5.59. The van der Waals surface area contributed by atoms with Gasteiger partial charge in [-0.3, -0.25) is 9.59 Å². The average molecular weight is 294 g/mol. The highest BCUT2D eigenvalue weighted by molar-refractivity contribution is 5.95. The van der Waals surface area contributed by atoms with E-state index in [-0.39, 0.29) is 36.0 Å². The van der Waals surface area contributed by atoms with Crippen molar-refractivity contribution in [2.75, 3.05) is 13.2 Å². The smallest absolute Gasteiger partial charge is 0.246 e. The van der Waals surface area contributed by atoms with Gasteiger partial charge in [-0.1, -0.05) is 13.8 Å². The third-order valence-electron chi connectivity index (χ3n) is 5.47. The molecule has 1 saturated carbocycles. The van der Waals surface area contributed by atoms with E-state index >= 15 is 0 Å². The van der Waals surface area contributed by atoms with Gasteiger partial charge in [-0.25, -0.2) is 0 Å². The molecule has 1 N–H and O–H groups in total. The van der Waals surface area contributed by atoms with Crippen molar-refractivity contribution in [2.24, 2.45) is 5.92 Å². The summed E-state index contributed by atoms with van der Waals surface area (Å²) in [5.74, 6) is 0.493. The zero-order valence-corrected chi connectivity index (χ0v) is 13.1. The number of carbonyl (C=O) groups excluding carboxylic acids is 2. The molecule has 3 rings (SSSR count). The van der Waals surface area contributed by atoms with Gasteiger partial charge in [0.05, 0.1) is 12.1 Å². The molecule has 0 aromatic carbocycles. The lowest BCUT2D eigenvalue weighted by molar-refractivity contribution is -0.156. The van der Waals surface area contributed by atoms with Gasteiger partial charge in [0.25, 0.3) is 0 Å². The Hall–Kier alpha value is -1.10. The van der Waals surface area contributed by atoms with Crippen LogP contribution in [-0.4, -0.2) is 47.6 Å². The predicted octanol–water partition coefficient (Wildman–Crippen LogP) is 1.46. The third-order valence-corrected chi connectivity index (χ3v) is 5.47. The molecule has 3 aliphatic rings. The van der Waals surface area contributed by atoms with Gasteiger partial charge in [-0.05, 0) is 44.4 Å². The molecule has 1 aliphatic carbocycles. The fourth-order valence-electron chi connectivity index (χ4n) is 3.76. The minimum atomic E-state index is -0.272. The molecule has 0 bridgehead atoms. The molecule has 3 fully saturated rings. The highest BCUT2D eigenvalue weighted by Crippen LogP contribution is 2.37. The normalized spacial score (nSPS) is 33.0. The lowest BCUT2D eigenvalue weighted by Gasteiger charge is -2.46. The fourth-order valence-corrected chi connectivity index (χ4v) is 3.76. The van der Waals surface area contributed by atoms with Crippen LogP contribution in [0, 0.1) is 5.92 Å². The molecule has 21 heavy (non-hydrogen) atoms. The number of hydrogen-bond acceptors (Lipinski definition) is 3. The van der Waals surface area contributed by atoms with E-state index in [1.807, 2.05) is 4.90 Å². The standard InChI is InChI=1S/C16H26N2O3/c1-3-16(4-2)9-12(7-8-21-16)18-10-13(19)17-14(15(18)20)11-5-6-11/h11-12,14H,3-10H2,1-2H3,(H,17,19). The number of nitrogens with one attached hydrogen (secondary N) is 1. The Morgan fingerprint density at radius 2 is 1.95 bits per heavy atom. The number of hydrogen-bond donors (Lipinski definition) is 1. The minimum absolute atomic E-state index is 0.00316. The Labute approximate surface area is 126 Å². The van der Waals surface area contributed by atoms with Crippen LogP contribution in [-0.2, 0) is 14.3 Å². The summed E-state index contributed by atoms with van der Waals surface area (Å²) in [6.45, 7) is 5.19. The molecule has 118 valence electrons. The highest BCUT2D eigenvalue weighted by Gasteiger charge is 2.46. The molecule has 0 aromatic heterocycles. The van der Waals surface area contributed by atoms with Gasteiger partial charge in [0.2, 0.25) is 11.8 Å². The van der Waals surface area contributed by atoms with E-state index < -0.39 is 0 Å². The van der Waals surface area contributed by atoms with Crippen LogP contribution in [0.25, 0.3) is 0 Å². The topological polar surface area (TPSA) is 58.6 Å². The van der Waals surface area contributed by atoms with Crippen molar-refractivity contribution in [1.29, 1.82) is 0 Å². The Kier molecular flexibility index (Phi) is 3.95. The Balaban J connectivity index is 1.74. The van der Waals surface area contributed by atoms with E-state index in [2.05, 4.69) is 19.2 Å². The fraction of sp³-hybridized carbons (Fsp3) is 0.875. The molecular weight excluding hydrogens is 268 g/mol. The molecule has 0 spiro atoms. The van der Waals surface area contributed by atoms with Crippen LogP contribution < -0.4 is 5.32 Å². The van der Waals surface area contributed by atoms with Crippen LogP contribution >= 0.6 is 0 Å². The van der Waals surface area contributed by atoms with Crippen molar-refractivity contribution in [3.05, 3.63) is 0 Å².